The smallest absolute Gasteiger partial charge is 0.232 e. The molecule has 1 N–H and O–H groups in total. The Balaban J connectivity index is 1.53. The van der Waals surface area contributed by atoms with Gasteiger partial charge in [0.25, 0.3) is 0 Å². The van der Waals surface area contributed by atoms with E-state index in [-0.39, 0.29) is 11.3 Å². The molecule has 2 aliphatic rings. The van der Waals surface area contributed by atoms with E-state index in [1.54, 1.807) is 6.20 Å². The lowest BCUT2D eigenvalue weighted by Crippen LogP contribution is -2.43. The molecular formula is C18H19N3O. The van der Waals surface area contributed by atoms with Crippen molar-refractivity contribution < 1.29 is 4.79 Å². The van der Waals surface area contributed by atoms with E-state index in [2.05, 4.69) is 27.3 Å². The molecule has 4 heteroatoms. The summed E-state index contributed by atoms with van der Waals surface area (Å²) < 4.78 is 0. The molecule has 1 saturated heterocycles. The summed E-state index contributed by atoms with van der Waals surface area (Å²) >= 11 is 0. The molecule has 1 aromatic heterocycles. The van der Waals surface area contributed by atoms with Crippen molar-refractivity contribution in [3.8, 4) is 0 Å². The minimum absolute atomic E-state index is 0.180. The van der Waals surface area contributed by atoms with Crippen molar-refractivity contribution in [1.82, 2.24) is 9.88 Å². The zero-order chi connectivity index (χ0) is 15.0. The highest BCUT2D eigenvalue weighted by atomic mass is 16.2. The first kappa shape index (κ1) is 13.5. The molecule has 1 aromatic carbocycles. The van der Waals surface area contributed by atoms with Gasteiger partial charge >= 0.3 is 0 Å². The summed E-state index contributed by atoms with van der Waals surface area (Å²) in [5.74, 6) is 0.180. The topological polar surface area (TPSA) is 45.2 Å². The van der Waals surface area contributed by atoms with Crippen LogP contribution in [-0.4, -0.2) is 28.9 Å². The van der Waals surface area contributed by atoms with Crippen LogP contribution in [0.15, 0.2) is 48.8 Å². The number of para-hydroxylation sites is 1. The van der Waals surface area contributed by atoms with Crippen LogP contribution in [0, 0.1) is 5.41 Å². The van der Waals surface area contributed by atoms with Gasteiger partial charge in [-0.15, -0.1) is 0 Å². The third-order valence-electron chi connectivity index (χ3n) is 4.84. The van der Waals surface area contributed by atoms with Crippen molar-refractivity contribution in [1.29, 1.82) is 0 Å². The molecule has 1 unspecified atom stereocenters. The molecule has 22 heavy (non-hydrogen) atoms. The molecule has 4 rings (SSSR count). The van der Waals surface area contributed by atoms with E-state index in [0.717, 1.165) is 38.2 Å². The second-order valence-electron chi connectivity index (χ2n) is 6.39. The Morgan fingerprint density at radius 2 is 2.14 bits per heavy atom. The fraction of sp³-hybridized carbons (Fsp3) is 0.333. The summed E-state index contributed by atoms with van der Waals surface area (Å²) in [6, 6.07) is 12.2. The number of benzene rings is 1. The second kappa shape index (κ2) is 5.21. The molecule has 0 aliphatic carbocycles. The van der Waals surface area contributed by atoms with Gasteiger partial charge in [-0.3, -0.25) is 14.7 Å². The maximum absolute atomic E-state index is 12.6. The van der Waals surface area contributed by atoms with E-state index in [1.165, 1.54) is 11.1 Å². The number of amides is 1. The molecule has 1 atom stereocenters. The first-order valence-electron chi connectivity index (χ1n) is 7.76. The number of hydrogen-bond donors (Lipinski definition) is 1. The van der Waals surface area contributed by atoms with E-state index < -0.39 is 0 Å². The summed E-state index contributed by atoms with van der Waals surface area (Å²) in [4.78, 5) is 19.2. The van der Waals surface area contributed by atoms with Gasteiger partial charge in [0.05, 0.1) is 5.41 Å². The van der Waals surface area contributed by atoms with Gasteiger partial charge in [-0.05, 0) is 42.6 Å². The molecule has 2 aliphatic heterocycles. The number of likely N-dealkylation sites (tertiary alicyclic amines) is 1. The highest BCUT2D eigenvalue weighted by molar-refractivity contribution is 5.98. The summed E-state index contributed by atoms with van der Waals surface area (Å²) in [5.41, 5.74) is 3.17. The van der Waals surface area contributed by atoms with Crippen LogP contribution in [0.1, 0.15) is 17.5 Å². The Kier molecular flexibility index (Phi) is 3.19. The van der Waals surface area contributed by atoms with Crippen molar-refractivity contribution in [2.45, 2.75) is 19.4 Å². The lowest BCUT2D eigenvalue weighted by Gasteiger charge is -2.33. The predicted molar refractivity (Wildman–Crippen MR) is 85.3 cm³/mol. The van der Waals surface area contributed by atoms with Crippen LogP contribution >= 0.6 is 0 Å². The van der Waals surface area contributed by atoms with Crippen LogP contribution in [0.25, 0.3) is 0 Å². The van der Waals surface area contributed by atoms with Gasteiger partial charge in [0.2, 0.25) is 5.91 Å². The van der Waals surface area contributed by atoms with Crippen molar-refractivity contribution in [2.75, 3.05) is 18.4 Å². The van der Waals surface area contributed by atoms with Crippen molar-refractivity contribution in [3.05, 3.63) is 59.9 Å². The second-order valence-corrected chi connectivity index (χ2v) is 6.39. The highest BCUT2D eigenvalue weighted by Gasteiger charge is 2.46. The Morgan fingerprint density at radius 3 is 3.00 bits per heavy atom. The summed E-state index contributed by atoms with van der Waals surface area (Å²) in [6.07, 6.45) is 5.47. The Morgan fingerprint density at radius 1 is 1.23 bits per heavy atom. The quantitative estimate of drug-likeness (QED) is 0.925. The van der Waals surface area contributed by atoms with Gasteiger partial charge in [-0.25, -0.2) is 0 Å². The minimum Gasteiger partial charge on any atom is -0.325 e. The van der Waals surface area contributed by atoms with E-state index in [1.807, 2.05) is 30.5 Å². The lowest BCUT2D eigenvalue weighted by molar-refractivity contribution is -0.125. The number of nitrogens with one attached hydrogen (secondary N) is 1. The van der Waals surface area contributed by atoms with E-state index in [0.29, 0.717) is 0 Å². The molecule has 0 bridgehead atoms. The van der Waals surface area contributed by atoms with Crippen molar-refractivity contribution in [2.24, 2.45) is 5.41 Å². The van der Waals surface area contributed by atoms with Gasteiger partial charge in [0, 0.05) is 31.2 Å². The number of rotatable bonds is 2. The zero-order valence-corrected chi connectivity index (χ0v) is 12.5. The fourth-order valence-corrected chi connectivity index (χ4v) is 3.67. The van der Waals surface area contributed by atoms with Crippen LogP contribution < -0.4 is 5.32 Å². The van der Waals surface area contributed by atoms with Crippen molar-refractivity contribution in [3.63, 3.8) is 0 Å². The molecule has 0 saturated carbocycles. The van der Waals surface area contributed by atoms with Crippen LogP contribution in [0.4, 0.5) is 5.69 Å². The summed E-state index contributed by atoms with van der Waals surface area (Å²) in [5, 5.41) is 3.10. The zero-order valence-electron chi connectivity index (χ0n) is 12.5. The average Bonchev–Trinajstić information content (AvgIpc) is 2.93. The molecule has 2 aromatic rings. The molecule has 1 amide bonds. The number of anilines is 1. The normalized spacial score (nSPS) is 24.3. The third kappa shape index (κ3) is 2.29. The number of pyridine rings is 1. The maximum atomic E-state index is 12.6. The average molecular weight is 293 g/mol. The molecule has 1 fully saturated rings. The first-order chi connectivity index (χ1) is 10.8. The van der Waals surface area contributed by atoms with Crippen LogP contribution in [0.5, 0.6) is 0 Å². The molecule has 4 nitrogen and oxygen atoms in total. The van der Waals surface area contributed by atoms with Crippen LogP contribution in [-0.2, 0) is 17.8 Å². The van der Waals surface area contributed by atoms with Crippen LogP contribution in [0.2, 0.25) is 0 Å². The maximum Gasteiger partial charge on any atom is 0.232 e. The van der Waals surface area contributed by atoms with Gasteiger partial charge in [0.1, 0.15) is 0 Å². The number of carbonyl (C=O) groups is 1. The summed E-state index contributed by atoms with van der Waals surface area (Å²) in [6.45, 7) is 2.65. The van der Waals surface area contributed by atoms with E-state index in [9.17, 15) is 4.79 Å². The number of nitrogens with zero attached hydrogens (tertiary/aromatic N) is 2. The predicted octanol–water partition coefficient (Wildman–Crippen LogP) is 2.47. The number of carbonyl (C=O) groups excluding carboxylic acids is 1. The van der Waals surface area contributed by atoms with E-state index >= 15 is 0 Å². The van der Waals surface area contributed by atoms with Gasteiger partial charge < -0.3 is 5.32 Å². The standard InChI is InChI=1S/C18H19N3O/c22-17-18(10-15-5-1-2-6-16(15)20-17)7-9-21(13-18)12-14-4-3-8-19-11-14/h1-6,8,11H,7,9-10,12-13H2,(H,20,22). The largest absolute Gasteiger partial charge is 0.325 e. The number of aromatic nitrogens is 1. The Hall–Kier alpha value is -2.20. The first-order valence-corrected chi connectivity index (χ1v) is 7.76. The highest BCUT2D eigenvalue weighted by Crippen LogP contribution is 2.40. The van der Waals surface area contributed by atoms with E-state index in [4.69, 9.17) is 0 Å². The molecule has 3 heterocycles. The SMILES string of the molecule is O=C1Nc2ccccc2CC12CCN(Cc1cccnc1)C2. The van der Waals surface area contributed by atoms with Gasteiger partial charge in [-0.2, -0.15) is 0 Å². The Labute approximate surface area is 130 Å². The molecule has 0 radical (unpaired) electrons. The van der Waals surface area contributed by atoms with Crippen molar-refractivity contribution >= 4 is 11.6 Å². The Bertz CT molecular complexity index is 700. The third-order valence-corrected chi connectivity index (χ3v) is 4.84. The number of hydrogen-bond acceptors (Lipinski definition) is 3. The molecule has 1 spiro atoms. The fourth-order valence-electron chi connectivity index (χ4n) is 3.67. The number of fused-ring (bicyclic) bond motifs is 1. The molecule has 112 valence electrons. The summed E-state index contributed by atoms with van der Waals surface area (Å²) in [7, 11) is 0. The monoisotopic (exact) mass is 293 g/mol. The lowest BCUT2D eigenvalue weighted by atomic mass is 9.77. The molecular weight excluding hydrogens is 274 g/mol. The van der Waals surface area contributed by atoms with Crippen LogP contribution in [0.3, 0.4) is 0 Å². The minimum atomic E-state index is -0.267. The van der Waals surface area contributed by atoms with Gasteiger partial charge in [-0.1, -0.05) is 24.3 Å². The van der Waals surface area contributed by atoms with Gasteiger partial charge in [0.15, 0.2) is 0 Å².